The van der Waals surface area contributed by atoms with Crippen molar-refractivity contribution in [2.75, 3.05) is 4.90 Å². The molecule has 0 aliphatic heterocycles. The van der Waals surface area contributed by atoms with Crippen LogP contribution in [0.5, 0.6) is 0 Å². The molecule has 0 unspecified atom stereocenters. The van der Waals surface area contributed by atoms with E-state index in [4.69, 9.17) is 4.42 Å². The van der Waals surface area contributed by atoms with Crippen LogP contribution in [0.3, 0.4) is 0 Å². The summed E-state index contributed by atoms with van der Waals surface area (Å²) in [5, 5.41) is 6.12. The van der Waals surface area contributed by atoms with Crippen LogP contribution in [0.2, 0.25) is 0 Å². The lowest BCUT2D eigenvalue weighted by atomic mass is 9.93. The molecule has 0 aliphatic carbocycles. The van der Waals surface area contributed by atoms with Crippen LogP contribution in [-0.4, -0.2) is 0 Å². The Morgan fingerprint density at radius 2 is 0.815 bits per heavy atom. The number of furan rings is 1. The van der Waals surface area contributed by atoms with E-state index in [9.17, 15) is 0 Å². The molecule has 54 heavy (non-hydrogen) atoms. The summed E-state index contributed by atoms with van der Waals surface area (Å²) in [6, 6.07) is 75.8. The third-order valence-corrected chi connectivity index (χ3v) is 10.5. The zero-order valence-corrected chi connectivity index (χ0v) is 29.6. The molecule has 0 fully saturated rings. The van der Waals surface area contributed by atoms with Crippen molar-refractivity contribution in [3.63, 3.8) is 0 Å². The number of hydrogen-bond acceptors (Lipinski definition) is 2. The Morgan fingerprint density at radius 1 is 0.315 bits per heavy atom. The molecule has 0 saturated carbocycles. The number of para-hydroxylation sites is 2. The second-order valence-electron chi connectivity index (χ2n) is 13.7. The second-order valence-corrected chi connectivity index (χ2v) is 13.7. The molecule has 2 heteroatoms. The highest BCUT2D eigenvalue weighted by Gasteiger charge is 2.20. The summed E-state index contributed by atoms with van der Waals surface area (Å²) in [5.74, 6) is 0.837. The van der Waals surface area contributed by atoms with Gasteiger partial charge in [-0.25, -0.2) is 0 Å². The highest BCUT2D eigenvalue weighted by molar-refractivity contribution is 6.13. The molecule has 1 heterocycles. The second kappa shape index (κ2) is 13.4. The van der Waals surface area contributed by atoms with Crippen molar-refractivity contribution in [3.8, 4) is 44.7 Å². The summed E-state index contributed by atoms with van der Waals surface area (Å²) >= 11 is 0. The molecule has 0 N–H and O–H groups in total. The van der Waals surface area contributed by atoms with Gasteiger partial charge in [0.05, 0.1) is 5.69 Å². The summed E-state index contributed by atoms with van der Waals surface area (Å²) in [4.78, 5) is 2.34. The predicted molar refractivity (Wildman–Crippen MR) is 228 cm³/mol. The van der Waals surface area contributed by atoms with Gasteiger partial charge in [0.1, 0.15) is 11.3 Å². The van der Waals surface area contributed by atoms with Crippen molar-refractivity contribution in [3.05, 3.63) is 212 Å². The Morgan fingerprint density at radius 3 is 1.50 bits per heavy atom. The van der Waals surface area contributed by atoms with Crippen molar-refractivity contribution in [1.29, 1.82) is 0 Å². The van der Waals surface area contributed by atoms with Crippen LogP contribution in [0.15, 0.2) is 217 Å². The maximum Gasteiger partial charge on any atom is 0.137 e. The maximum atomic E-state index is 6.48. The van der Waals surface area contributed by atoms with Gasteiger partial charge in [0, 0.05) is 22.3 Å². The summed E-state index contributed by atoms with van der Waals surface area (Å²) < 4.78 is 6.48. The van der Waals surface area contributed by atoms with E-state index in [-0.39, 0.29) is 0 Å². The van der Waals surface area contributed by atoms with Crippen LogP contribution in [0.25, 0.3) is 77.2 Å². The molecule has 0 bridgehead atoms. The van der Waals surface area contributed by atoms with Crippen molar-refractivity contribution < 1.29 is 4.42 Å². The van der Waals surface area contributed by atoms with E-state index < -0.39 is 0 Å². The molecule has 2 nitrogen and oxygen atoms in total. The Balaban J connectivity index is 1.11. The first-order valence-electron chi connectivity index (χ1n) is 18.4. The molecule has 254 valence electrons. The fourth-order valence-electron chi connectivity index (χ4n) is 7.90. The molecule has 0 radical (unpaired) electrons. The summed E-state index contributed by atoms with van der Waals surface area (Å²) in [6.45, 7) is 0. The Hall–Kier alpha value is -7.16. The summed E-state index contributed by atoms with van der Waals surface area (Å²) in [5.41, 5.74) is 12.3. The molecule has 0 atom stereocenters. The minimum atomic E-state index is 0.837. The quantitative estimate of drug-likeness (QED) is 0.155. The van der Waals surface area contributed by atoms with Gasteiger partial charge in [-0.2, -0.15) is 0 Å². The topological polar surface area (TPSA) is 16.4 Å². The van der Waals surface area contributed by atoms with E-state index in [1.54, 1.807) is 0 Å². The standard InChI is InChI=1S/C52H35NO/c1-2-14-36(15-3-1)43-18-7-8-19-44(43)37-26-30-41(31-27-37)53(50-24-12-11-23-48(50)52-35-40-17-5-13-25-51(40)54-52)42-32-28-38(29-33-42)49-34-39-16-4-6-20-45(39)46-21-9-10-22-47(46)49/h1-35H. The van der Waals surface area contributed by atoms with Gasteiger partial charge < -0.3 is 9.32 Å². The van der Waals surface area contributed by atoms with Gasteiger partial charge in [-0.3, -0.25) is 0 Å². The van der Waals surface area contributed by atoms with E-state index in [1.165, 1.54) is 54.9 Å². The number of hydrogen-bond donors (Lipinski definition) is 0. The molecule has 0 aliphatic rings. The van der Waals surface area contributed by atoms with Crippen LogP contribution in [0.4, 0.5) is 17.1 Å². The monoisotopic (exact) mass is 689 g/mol. The average Bonchev–Trinajstić information content (AvgIpc) is 3.69. The number of fused-ring (bicyclic) bond motifs is 4. The zero-order valence-electron chi connectivity index (χ0n) is 29.6. The van der Waals surface area contributed by atoms with Gasteiger partial charge in [0.25, 0.3) is 0 Å². The largest absolute Gasteiger partial charge is 0.456 e. The van der Waals surface area contributed by atoms with Gasteiger partial charge in [0.2, 0.25) is 0 Å². The number of anilines is 3. The number of nitrogens with zero attached hydrogens (tertiary/aromatic N) is 1. The minimum Gasteiger partial charge on any atom is -0.456 e. The zero-order chi connectivity index (χ0) is 35.8. The lowest BCUT2D eigenvalue weighted by Crippen LogP contribution is -2.11. The van der Waals surface area contributed by atoms with Crippen LogP contribution in [0, 0.1) is 0 Å². The van der Waals surface area contributed by atoms with Gasteiger partial charge in [-0.05, 0) is 110 Å². The Labute approximate surface area is 314 Å². The highest BCUT2D eigenvalue weighted by atomic mass is 16.3. The average molecular weight is 690 g/mol. The lowest BCUT2D eigenvalue weighted by Gasteiger charge is -2.28. The van der Waals surface area contributed by atoms with E-state index in [0.717, 1.165) is 39.4 Å². The van der Waals surface area contributed by atoms with Gasteiger partial charge >= 0.3 is 0 Å². The summed E-state index contributed by atoms with van der Waals surface area (Å²) in [7, 11) is 0. The highest BCUT2D eigenvalue weighted by Crippen LogP contribution is 2.44. The normalized spacial score (nSPS) is 11.3. The van der Waals surface area contributed by atoms with E-state index >= 15 is 0 Å². The Kier molecular flexibility index (Phi) is 7.85. The molecule has 0 amide bonds. The molecule has 10 rings (SSSR count). The van der Waals surface area contributed by atoms with Crippen molar-refractivity contribution in [2.24, 2.45) is 0 Å². The molecular weight excluding hydrogens is 655 g/mol. The lowest BCUT2D eigenvalue weighted by molar-refractivity contribution is 0.631. The van der Waals surface area contributed by atoms with Crippen LogP contribution in [0.1, 0.15) is 0 Å². The van der Waals surface area contributed by atoms with Gasteiger partial charge in [-0.1, -0.05) is 158 Å². The van der Waals surface area contributed by atoms with Gasteiger partial charge in [-0.15, -0.1) is 0 Å². The molecule has 0 spiro atoms. The first-order chi connectivity index (χ1) is 26.8. The van der Waals surface area contributed by atoms with Crippen molar-refractivity contribution in [2.45, 2.75) is 0 Å². The SMILES string of the molecule is c1ccc(-c2ccccc2-c2ccc(N(c3ccc(-c4cc5ccccc5c5ccccc45)cc3)c3ccccc3-c3cc4ccccc4o3)cc2)cc1. The molecule has 10 aromatic rings. The van der Waals surface area contributed by atoms with Crippen molar-refractivity contribution in [1.82, 2.24) is 0 Å². The molecular formula is C52H35NO. The van der Waals surface area contributed by atoms with Crippen LogP contribution in [-0.2, 0) is 0 Å². The molecule has 9 aromatic carbocycles. The fraction of sp³-hybridized carbons (Fsp3) is 0. The van der Waals surface area contributed by atoms with Gasteiger partial charge in [0.15, 0.2) is 0 Å². The number of rotatable bonds is 7. The van der Waals surface area contributed by atoms with Crippen molar-refractivity contribution >= 4 is 49.6 Å². The first kappa shape index (κ1) is 31.6. The van der Waals surface area contributed by atoms with Crippen LogP contribution < -0.4 is 4.90 Å². The minimum absolute atomic E-state index is 0.837. The third-order valence-electron chi connectivity index (χ3n) is 10.5. The Bertz CT molecular complexity index is 2890. The van der Waals surface area contributed by atoms with E-state index in [0.29, 0.717) is 0 Å². The predicted octanol–water partition coefficient (Wildman–Crippen LogP) is 14.9. The molecule has 0 saturated heterocycles. The third kappa shape index (κ3) is 5.62. The summed E-state index contributed by atoms with van der Waals surface area (Å²) in [6.07, 6.45) is 0. The smallest absolute Gasteiger partial charge is 0.137 e. The molecule has 1 aromatic heterocycles. The maximum absolute atomic E-state index is 6.48. The first-order valence-corrected chi connectivity index (χ1v) is 18.4. The fourth-order valence-corrected chi connectivity index (χ4v) is 7.90. The number of benzene rings is 9. The van der Waals surface area contributed by atoms with E-state index in [1.807, 2.05) is 12.1 Å². The van der Waals surface area contributed by atoms with Crippen LogP contribution >= 0.6 is 0 Å². The van der Waals surface area contributed by atoms with E-state index in [2.05, 4.69) is 205 Å².